The van der Waals surface area contributed by atoms with Crippen molar-refractivity contribution in [2.24, 2.45) is 0 Å². The van der Waals surface area contributed by atoms with E-state index in [1.54, 1.807) is 0 Å². The van der Waals surface area contributed by atoms with Crippen LogP contribution in [0.4, 0.5) is 0 Å². The third kappa shape index (κ3) is 52.1. The molecule has 72 heavy (non-hydrogen) atoms. The van der Waals surface area contributed by atoms with Crippen LogP contribution in [0.3, 0.4) is 0 Å². The molecular weight excluding hydrogens is 916 g/mol. The van der Waals surface area contributed by atoms with Crippen molar-refractivity contribution in [2.75, 3.05) is 40.9 Å². The van der Waals surface area contributed by atoms with Crippen molar-refractivity contribution in [3.05, 3.63) is 85.1 Å². The quantitative estimate of drug-likeness (QED) is 0.0205. The molecule has 2 N–H and O–H groups in total. The topological polar surface area (TPSA) is 111 Å². The van der Waals surface area contributed by atoms with E-state index in [2.05, 4.69) is 92.9 Å². The lowest BCUT2D eigenvalue weighted by Gasteiger charge is -2.27. The van der Waals surface area contributed by atoms with Gasteiger partial charge in [0.25, 0.3) is 0 Å². The Morgan fingerprint density at radius 2 is 0.903 bits per heavy atom. The van der Waals surface area contributed by atoms with E-state index in [1.165, 1.54) is 128 Å². The second-order valence-corrected chi connectivity index (χ2v) is 22.2. The van der Waals surface area contributed by atoms with Gasteiger partial charge in [-0.3, -0.25) is 18.6 Å². The van der Waals surface area contributed by atoms with Crippen LogP contribution >= 0.6 is 7.82 Å². The molecule has 10 heteroatoms. The second-order valence-electron chi connectivity index (χ2n) is 20.8. The number of rotatable bonds is 52. The first-order chi connectivity index (χ1) is 34.9. The lowest BCUT2D eigenvalue weighted by Crippen LogP contribution is -2.47. The lowest BCUT2D eigenvalue weighted by molar-refractivity contribution is -0.870. The Bertz CT molecular complexity index is 1510. The highest BCUT2D eigenvalue weighted by atomic mass is 31.2. The van der Waals surface area contributed by atoms with Crippen molar-refractivity contribution in [1.82, 2.24) is 5.32 Å². The van der Waals surface area contributed by atoms with E-state index in [1.807, 2.05) is 39.4 Å². The number of unbranched alkanes of at least 4 members (excludes halogenated alkanes) is 24. The molecule has 0 bridgehead atoms. The Morgan fingerprint density at radius 1 is 0.500 bits per heavy atom. The van der Waals surface area contributed by atoms with Crippen LogP contribution in [0.15, 0.2) is 85.1 Å². The summed E-state index contributed by atoms with van der Waals surface area (Å²) < 4.78 is 30.6. The maximum Gasteiger partial charge on any atom is 0.472 e. The van der Waals surface area contributed by atoms with Gasteiger partial charge in [-0.05, 0) is 70.3 Å². The van der Waals surface area contributed by atoms with E-state index in [-0.39, 0.29) is 37.9 Å². The monoisotopic (exact) mass is 1030 g/mol. The van der Waals surface area contributed by atoms with Crippen LogP contribution in [-0.4, -0.2) is 74.3 Å². The van der Waals surface area contributed by atoms with E-state index in [4.69, 9.17) is 13.8 Å². The lowest BCUT2D eigenvalue weighted by atomic mass is 10.0. The first-order valence-electron chi connectivity index (χ1n) is 29.4. The third-order valence-electron chi connectivity index (χ3n) is 12.6. The molecule has 0 spiro atoms. The van der Waals surface area contributed by atoms with Crippen LogP contribution in [0, 0.1) is 0 Å². The summed E-state index contributed by atoms with van der Waals surface area (Å²) in [5.74, 6) is -0.601. The number of ether oxygens (including phenoxy) is 1. The van der Waals surface area contributed by atoms with Crippen molar-refractivity contribution in [1.29, 1.82) is 0 Å². The van der Waals surface area contributed by atoms with Crippen LogP contribution in [0.2, 0.25) is 0 Å². The standard InChI is InChI=1S/C62H111N2O7P/c1-7-10-13-16-19-22-25-28-30-31-32-33-34-36-39-42-45-48-51-54-61(65)63-59(58-70-72(67,68)69-57-56-64(4,5)6)60(53-50-47-44-41-38-35-27-24-21-18-15-12-9-3)71-62(66)55-52-49-46-43-40-37-29-26-23-20-17-14-11-8-2/h10,13,19,22,28,30,32-33,36,39,45,48,50,53,59-60H,7-9,11-12,14-18,20-21,23-27,29,31,34-35,37-38,40-44,46-47,49,51-52,54-58H2,1-6H3,(H-,63,65,67,68)/p+1/b13-10-,22-19-,30-28-,33-32-,39-36-,48-45-,53-50-. The number of allylic oxidation sites excluding steroid dienone is 13. The number of phosphoric acid groups is 1. The van der Waals surface area contributed by atoms with Gasteiger partial charge in [-0.2, -0.15) is 0 Å². The number of phosphoric ester groups is 1. The predicted octanol–water partition coefficient (Wildman–Crippen LogP) is 17.8. The second kappa shape index (κ2) is 51.7. The van der Waals surface area contributed by atoms with Crippen LogP contribution in [0.1, 0.15) is 245 Å². The van der Waals surface area contributed by atoms with Gasteiger partial charge in [0.15, 0.2) is 0 Å². The van der Waals surface area contributed by atoms with Crippen LogP contribution < -0.4 is 5.32 Å². The highest BCUT2D eigenvalue weighted by Crippen LogP contribution is 2.43. The molecule has 0 aliphatic rings. The molecule has 1 amide bonds. The Hall–Kier alpha value is -2.81. The molecule has 0 radical (unpaired) electrons. The highest BCUT2D eigenvalue weighted by molar-refractivity contribution is 7.47. The molecule has 9 nitrogen and oxygen atoms in total. The Balaban J connectivity index is 5.46. The van der Waals surface area contributed by atoms with Gasteiger partial charge in [-0.25, -0.2) is 4.57 Å². The Labute approximate surface area is 444 Å². The molecule has 416 valence electrons. The van der Waals surface area contributed by atoms with Crippen molar-refractivity contribution < 1.29 is 37.3 Å². The van der Waals surface area contributed by atoms with E-state index in [0.29, 0.717) is 17.4 Å². The van der Waals surface area contributed by atoms with Crippen LogP contribution in [-0.2, 0) is 27.9 Å². The minimum absolute atomic E-state index is 0.0245. The fraction of sp³-hybridized carbons (Fsp3) is 0.742. The summed E-state index contributed by atoms with van der Waals surface area (Å²) in [5, 5.41) is 3.00. The van der Waals surface area contributed by atoms with Gasteiger partial charge >= 0.3 is 13.8 Å². The zero-order valence-corrected chi connectivity index (χ0v) is 48.3. The molecular formula is C62H112N2O7P+. The molecule has 0 aliphatic carbocycles. The smallest absolute Gasteiger partial charge is 0.456 e. The average Bonchev–Trinajstić information content (AvgIpc) is 3.34. The van der Waals surface area contributed by atoms with Gasteiger partial charge in [0, 0.05) is 12.8 Å². The SMILES string of the molecule is CC/C=C\C/C=C\C/C=C\C/C=C\C/C=C\C/C=C\CCC(=O)NC(COP(=O)(O)OCC[N+](C)(C)C)C(/C=C\CCCCCCCCCCCCC)OC(=O)CCCCCCCCCCCCCCCC. The molecule has 0 fully saturated rings. The van der Waals surface area contributed by atoms with Gasteiger partial charge in [0.1, 0.15) is 19.3 Å². The zero-order chi connectivity index (χ0) is 52.9. The predicted molar refractivity (Wildman–Crippen MR) is 309 cm³/mol. The number of nitrogens with one attached hydrogen (secondary N) is 1. The molecule has 0 rings (SSSR count). The van der Waals surface area contributed by atoms with Crippen LogP contribution in [0.5, 0.6) is 0 Å². The van der Waals surface area contributed by atoms with Gasteiger partial charge in [-0.1, -0.05) is 247 Å². The molecule has 0 saturated carbocycles. The first-order valence-corrected chi connectivity index (χ1v) is 30.9. The molecule has 0 aliphatic heterocycles. The average molecular weight is 1030 g/mol. The molecule has 3 unspecified atom stereocenters. The zero-order valence-electron chi connectivity index (χ0n) is 47.4. The maximum atomic E-state index is 13.5. The number of likely N-dealkylation sites (N-methyl/N-ethyl adjacent to an activating group) is 1. The Kier molecular flexibility index (Phi) is 49.6. The summed E-state index contributed by atoms with van der Waals surface area (Å²) >= 11 is 0. The molecule has 0 heterocycles. The van der Waals surface area contributed by atoms with E-state index in [0.717, 1.165) is 77.0 Å². The van der Waals surface area contributed by atoms with Crippen molar-refractivity contribution in [2.45, 2.75) is 258 Å². The van der Waals surface area contributed by atoms with Crippen LogP contribution in [0.25, 0.3) is 0 Å². The molecule has 0 aromatic carbocycles. The number of hydrogen-bond acceptors (Lipinski definition) is 6. The number of carbonyl (C=O) groups is 2. The summed E-state index contributed by atoms with van der Waals surface area (Å²) in [6.45, 7) is 6.84. The summed E-state index contributed by atoms with van der Waals surface area (Å²) in [5.41, 5.74) is 0. The van der Waals surface area contributed by atoms with E-state index >= 15 is 0 Å². The number of amides is 1. The van der Waals surface area contributed by atoms with E-state index in [9.17, 15) is 19.0 Å². The first kappa shape index (κ1) is 69.2. The number of esters is 1. The number of hydrogen-bond donors (Lipinski definition) is 2. The maximum absolute atomic E-state index is 13.5. The minimum atomic E-state index is -4.47. The molecule has 0 aromatic heterocycles. The van der Waals surface area contributed by atoms with E-state index < -0.39 is 20.0 Å². The fourth-order valence-electron chi connectivity index (χ4n) is 8.08. The van der Waals surface area contributed by atoms with Crippen molar-refractivity contribution in [3.63, 3.8) is 0 Å². The summed E-state index contributed by atoms with van der Waals surface area (Å²) in [6.07, 6.45) is 67.3. The number of nitrogens with zero attached hydrogens (tertiary/aromatic N) is 1. The summed E-state index contributed by atoms with van der Waals surface area (Å²) in [7, 11) is 1.45. The normalized spacial score (nSPS) is 14.4. The Morgan fingerprint density at radius 3 is 1.33 bits per heavy atom. The van der Waals surface area contributed by atoms with Gasteiger partial charge in [-0.15, -0.1) is 0 Å². The largest absolute Gasteiger partial charge is 0.472 e. The minimum Gasteiger partial charge on any atom is -0.456 e. The molecule has 3 atom stereocenters. The van der Waals surface area contributed by atoms with Crippen molar-refractivity contribution >= 4 is 19.7 Å². The fourth-order valence-corrected chi connectivity index (χ4v) is 8.82. The van der Waals surface area contributed by atoms with Gasteiger partial charge in [0.05, 0.1) is 33.8 Å². The van der Waals surface area contributed by atoms with Gasteiger partial charge in [0.2, 0.25) is 5.91 Å². The summed E-state index contributed by atoms with van der Waals surface area (Å²) in [6, 6.07) is -0.890. The summed E-state index contributed by atoms with van der Waals surface area (Å²) in [4.78, 5) is 37.6. The molecule has 0 saturated heterocycles. The highest BCUT2D eigenvalue weighted by Gasteiger charge is 2.30. The number of carbonyl (C=O) groups excluding carboxylic acids is 2. The third-order valence-corrected chi connectivity index (χ3v) is 13.6. The van der Waals surface area contributed by atoms with Gasteiger partial charge < -0.3 is 19.4 Å². The number of quaternary nitrogens is 1. The van der Waals surface area contributed by atoms with Crippen molar-refractivity contribution in [3.8, 4) is 0 Å². The molecule has 0 aromatic rings.